The Hall–Kier alpha value is -3.11. The first kappa shape index (κ1) is 22.1. The maximum absolute atomic E-state index is 13.3. The Morgan fingerprint density at radius 2 is 1.91 bits per heavy atom. The van der Waals surface area contributed by atoms with Gasteiger partial charge in [0.15, 0.2) is 0 Å². The topological polar surface area (TPSA) is 105 Å². The Balaban J connectivity index is 1.46. The van der Waals surface area contributed by atoms with Crippen LogP contribution in [0, 0.1) is 25.6 Å². The Labute approximate surface area is 185 Å². The van der Waals surface area contributed by atoms with Gasteiger partial charge in [0.1, 0.15) is 5.82 Å². The molecular weight excluding hydrogens is 435 g/mol. The maximum Gasteiger partial charge on any atom is 0.243 e. The number of nitrogens with one attached hydrogen (secondary N) is 1. The van der Waals surface area contributed by atoms with Gasteiger partial charge in [-0.1, -0.05) is 23.4 Å². The summed E-state index contributed by atoms with van der Waals surface area (Å²) in [5, 5.41) is 6.56. The summed E-state index contributed by atoms with van der Waals surface area (Å²) in [4.78, 5) is 16.9. The molecule has 1 aromatic heterocycles. The number of hydrogen-bond acceptors (Lipinski definition) is 6. The molecule has 0 radical (unpaired) electrons. The molecule has 32 heavy (non-hydrogen) atoms. The number of anilines is 1. The first-order valence-electron chi connectivity index (χ1n) is 10.2. The molecule has 8 nitrogen and oxygen atoms in total. The van der Waals surface area contributed by atoms with Crippen LogP contribution in [0.25, 0.3) is 11.4 Å². The van der Waals surface area contributed by atoms with Crippen LogP contribution in [0.4, 0.5) is 10.1 Å². The summed E-state index contributed by atoms with van der Waals surface area (Å²) in [5.74, 6) is -0.301. The number of benzene rings is 2. The minimum Gasteiger partial charge on any atom is -0.339 e. The van der Waals surface area contributed by atoms with Crippen molar-refractivity contribution >= 4 is 21.6 Å². The molecule has 0 saturated carbocycles. The fourth-order valence-electron chi connectivity index (χ4n) is 3.74. The highest BCUT2D eigenvalue weighted by molar-refractivity contribution is 7.89. The predicted octanol–water partition coefficient (Wildman–Crippen LogP) is 3.53. The van der Waals surface area contributed by atoms with Gasteiger partial charge in [-0.15, -0.1) is 0 Å². The van der Waals surface area contributed by atoms with Gasteiger partial charge in [-0.25, -0.2) is 12.8 Å². The molecule has 1 saturated heterocycles. The second-order valence-electron chi connectivity index (χ2n) is 7.80. The van der Waals surface area contributed by atoms with Gasteiger partial charge in [-0.05, 0) is 49.6 Å². The third-order valence-corrected chi connectivity index (χ3v) is 7.55. The zero-order chi connectivity index (χ0) is 22.9. The first-order valence-corrected chi connectivity index (χ1v) is 11.7. The number of hydrogen-bond donors (Lipinski definition) is 1. The van der Waals surface area contributed by atoms with Crippen molar-refractivity contribution in [1.82, 2.24) is 14.4 Å². The molecule has 1 amide bonds. The van der Waals surface area contributed by atoms with E-state index in [1.807, 2.05) is 0 Å². The van der Waals surface area contributed by atoms with Crippen LogP contribution in [0.2, 0.25) is 0 Å². The van der Waals surface area contributed by atoms with Crippen molar-refractivity contribution in [1.29, 1.82) is 0 Å². The molecule has 0 atom stereocenters. The maximum atomic E-state index is 13.3. The molecule has 3 aromatic rings. The molecule has 10 heteroatoms. The zero-order valence-electron chi connectivity index (χ0n) is 17.7. The van der Waals surface area contributed by atoms with Crippen molar-refractivity contribution in [3.05, 3.63) is 59.7 Å². The highest BCUT2D eigenvalue weighted by atomic mass is 32.2. The Morgan fingerprint density at radius 1 is 1.16 bits per heavy atom. The van der Waals surface area contributed by atoms with Crippen LogP contribution in [0.15, 0.2) is 51.9 Å². The van der Waals surface area contributed by atoms with Crippen molar-refractivity contribution in [3.63, 3.8) is 0 Å². The van der Waals surface area contributed by atoms with Crippen LogP contribution >= 0.6 is 0 Å². The van der Waals surface area contributed by atoms with Crippen LogP contribution in [0.1, 0.15) is 24.3 Å². The lowest BCUT2D eigenvalue weighted by molar-refractivity contribution is -0.120. The summed E-state index contributed by atoms with van der Waals surface area (Å²) in [6.45, 7) is 3.83. The van der Waals surface area contributed by atoms with Crippen LogP contribution < -0.4 is 5.32 Å². The van der Waals surface area contributed by atoms with E-state index in [2.05, 4.69) is 15.5 Å². The molecule has 1 N–H and O–H groups in total. The molecule has 1 aliphatic heterocycles. The second kappa shape index (κ2) is 8.79. The van der Waals surface area contributed by atoms with Crippen molar-refractivity contribution < 1.29 is 22.1 Å². The SMILES string of the molecule is Cc1nc(-c2ccc(C)c(S(=O)(=O)N3CCC(C(=O)Nc4cccc(F)c4)CC3)c2)no1. The summed E-state index contributed by atoms with van der Waals surface area (Å²) in [6.07, 6.45) is 0.756. The number of nitrogens with zero attached hydrogens (tertiary/aromatic N) is 3. The normalized spacial score (nSPS) is 15.6. The lowest BCUT2D eigenvalue weighted by Crippen LogP contribution is -2.41. The molecule has 2 aromatic carbocycles. The Kier molecular flexibility index (Phi) is 6.07. The van der Waals surface area contributed by atoms with Crippen molar-refractivity contribution in [2.45, 2.75) is 31.6 Å². The summed E-state index contributed by atoms with van der Waals surface area (Å²) < 4.78 is 46.4. The van der Waals surface area contributed by atoms with E-state index < -0.39 is 15.8 Å². The minimum atomic E-state index is -3.76. The number of sulfonamides is 1. The molecular formula is C22H23FN4O4S. The minimum absolute atomic E-state index is 0.181. The Bertz CT molecular complexity index is 1250. The Morgan fingerprint density at radius 3 is 2.56 bits per heavy atom. The van der Waals surface area contributed by atoms with E-state index in [9.17, 15) is 17.6 Å². The van der Waals surface area contributed by atoms with Gasteiger partial charge in [0.05, 0.1) is 4.90 Å². The van der Waals surface area contributed by atoms with Crippen LogP contribution in [0.3, 0.4) is 0 Å². The zero-order valence-corrected chi connectivity index (χ0v) is 18.5. The van der Waals surface area contributed by atoms with Gasteiger partial charge >= 0.3 is 0 Å². The number of amides is 1. The largest absolute Gasteiger partial charge is 0.339 e. The fraction of sp³-hybridized carbons (Fsp3) is 0.318. The summed E-state index contributed by atoms with van der Waals surface area (Å²) in [7, 11) is -3.76. The van der Waals surface area contributed by atoms with E-state index in [1.54, 1.807) is 38.1 Å². The molecule has 168 valence electrons. The average molecular weight is 459 g/mol. The van der Waals surface area contributed by atoms with Gasteiger partial charge in [0.2, 0.25) is 27.6 Å². The van der Waals surface area contributed by atoms with E-state index >= 15 is 0 Å². The molecule has 0 aliphatic carbocycles. The number of aryl methyl sites for hydroxylation is 2. The van der Waals surface area contributed by atoms with Gasteiger partial charge in [0, 0.05) is 37.2 Å². The molecule has 2 heterocycles. The van der Waals surface area contributed by atoms with Gasteiger partial charge in [-0.3, -0.25) is 4.79 Å². The number of carbonyl (C=O) groups is 1. The quantitative estimate of drug-likeness (QED) is 0.627. The highest BCUT2D eigenvalue weighted by Crippen LogP contribution is 2.29. The van der Waals surface area contributed by atoms with E-state index in [4.69, 9.17) is 4.52 Å². The van der Waals surface area contributed by atoms with E-state index in [0.717, 1.165) is 0 Å². The van der Waals surface area contributed by atoms with Gasteiger partial charge < -0.3 is 9.84 Å². The van der Waals surface area contributed by atoms with Crippen LogP contribution in [-0.4, -0.2) is 41.9 Å². The lowest BCUT2D eigenvalue weighted by atomic mass is 9.97. The second-order valence-corrected chi connectivity index (χ2v) is 9.70. The standard InChI is InChI=1S/C22H23FN4O4S/c1-14-6-7-17(21-24-15(2)31-26-21)12-20(14)32(29,30)27-10-8-16(9-11-27)22(28)25-19-5-3-4-18(23)13-19/h3-7,12-13,16H,8-11H2,1-2H3,(H,25,28). The number of aromatic nitrogens is 2. The molecule has 0 unspecified atom stereocenters. The third kappa shape index (κ3) is 4.56. The van der Waals surface area contributed by atoms with Crippen molar-refractivity contribution in [2.75, 3.05) is 18.4 Å². The van der Waals surface area contributed by atoms with E-state index in [0.29, 0.717) is 41.4 Å². The average Bonchev–Trinajstić information content (AvgIpc) is 3.20. The fourth-order valence-corrected chi connectivity index (χ4v) is 5.46. The monoisotopic (exact) mass is 458 g/mol. The number of halogens is 1. The molecule has 1 fully saturated rings. The summed E-state index contributed by atoms with van der Waals surface area (Å²) in [5.41, 5.74) is 1.55. The number of piperidine rings is 1. The highest BCUT2D eigenvalue weighted by Gasteiger charge is 2.33. The summed E-state index contributed by atoms with van der Waals surface area (Å²) >= 11 is 0. The van der Waals surface area contributed by atoms with Crippen LogP contribution in [-0.2, 0) is 14.8 Å². The van der Waals surface area contributed by atoms with Gasteiger partial charge in [0.25, 0.3) is 0 Å². The van der Waals surface area contributed by atoms with Crippen LogP contribution in [0.5, 0.6) is 0 Å². The molecule has 0 spiro atoms. The van der Waals surface area contributed by atoms with Crippen molar-refractivity contribution in [3.8, 4) is 11.4 Å². The third-order valence-electron chi connectivity index (χ3n) is 5.51. The molecule has 0 bridgehead atoms. The predicted molar refractivity (Wildman–Crippen MR) is 116 cm³/mol. The smallest absolute Gasteiger partial charge is 0.243 e. The number of carbonyl (C=O) groups excluding carboxylic acids is 1. The summed E-state index contributed by atoms with van der Waals surface area (Å²) in [6, 6.07) is 10.7. The molecule has 1 aliphatic rings. The molecule has 4 rings (SSSR count). The van der Waals surface area contributed by atoms with Gasteiger partial charge in [-0.2, -0.15) is 9.29 Å². The van der Waals surface area contributed by atoms with E-state index in [1.165, 1.54) is 22.5 Å². The van der Waals surface area contributed by atoms with E-state index in [-0.39, 0.29) is 29.8 Å². The first-order chi connectivity index (χ1) is 15.2. The number of rotatable bonds is 5. The van der Waals surface area contributed by atoms with Crippen molar-refractivity contribution in [2.24, 2.45) is 5.92 Å². The lowest BCUT2D eigenvalue weighted by Gasteiger charge is -2.31.